The summed E-state index contributed by atoms with van der Waals surface area (Å²) in [4.78, 5) is 10.4. The first-order valence-electron chi connectivity index (χ1n) is 12.1. The number of allylic oxidation sites excluding steroid dienone is 3. The molecule has 33 heavy (non-hydrogen) atoms. The molecule has 2 aliphatic heterocycles. The lowest BCUT2D eigenvalue weighted by molar-refractivity contribution is -0.0776. The average molecular weight is 475 g/mol. The van der Waals surface area contributed by atoms with E-state index in [4.69, 9.17) is 16.4 Å². The van der Waals surface area contributed by atoms with Crippen molar-refractivity contribution in [2.45, 2.75) is 57.2 Å². The number of hydrogen-bond acceptors (Lipinski definition) is 5. The fraction of sp³-hybridized carbons (Fsp3) is 0.538. The Balaban J connectivity index is 1.48. The number of rotatable bonds is 9. The zero-order valence-corrected chi connectivity index (χ0v) is 20.5. The second-order valence-corrected chi connectivity index (χ2v) is 9.66. The highest BCUT2D eigenvalue weighted by Gasteiger charge is 2.36. The minimum Gasteiger partial charge on any atom is -0.360 e. The summed E-state index contributed by atoms with van der Waals surface area (Å²) < 4.78 is 15.4. The van der Waals surface area contributed by atoms with Gasteiger partial charge in [-0.25, -0.2) is 4.39 Å². The second-order valence-electron chi connectivity index (χ2n) is 9.25. The molecule has 0 aromatic heterocycles. The summed E-state index contributed by atoms with van der Waals surface area (Å²) in [6.07, 6.45) is 15.5. The molecule has 5 nitrogen and oxygen atoms in total. The second kappa shape index (κ2) is 11.0. The SMILES string of the molecule is CCC/C=C\C=C1/N(C)CCN1Cc1c(F)cc([C@@]2(NOC3CCNCC3)C=CC2)cc1Cl. The van der Waals surface area contributed by atoms with E-state index in [0.29, 0.717) is 17.1 Å². The average Bonchev–Trinajstić information content (AvgIpc) is 3.13. The minimum absolute atomic E-state index is 0.167. The van der Waals surface area contributed by atoms with E-state index in [1.165, 1.54) is 0 Å². The van der Waals surface area contributed by atoms with E-state index in [-0.39, 0.29) is 11.9 Å². The maximum absolute atomic E-state index is 15.4. The number of benzene rings is 1. The van der Waals surface area contributed by atoms with Crippen LogP contribution in [0, 0.1) is 5.82 Å². The minimum atomic E-state index is -0.517. The molecule has 0 unspecified atom stereocenters. The molecule has 1 aromatic carbocycles. The van der Waals surface area contributed by atoms with Gasteiger partial charge in [-0.15, -0.1) is 0 Å². The molecule has 0 bridgehead atoms. The number of unbranched alkanes of at least 4 members (excludes halogenated alkanes) is 1. The summed E-state index contributed by atoms with van der Waals surface area (Å²) in [5, 5.41) is 3.80. The molecule has 0 amide bonds. The van der Waals surface area contributed by atoms with E-state index in [0.717, 1.165) is 69.7 Å². The summed E-state index contributed by atoms with van der Waals surface area (Å²) in [5.74, 6) is 0.827. The molecule has 2 heterocycles. The summed E-state index contributed by atoms with van der Waals surface area (Å²) in [6.45, 7) is 6.29. The highest BCUT2D eigenvalue weighted by atomic mass is 35.5. The smallest absolute Gasteiger partial charge is 0.130 e. The van der Waals surface area contributed by atoms with Crippen molar-refractivity contribution >= 4 is 11.6 Å². The Labute approximate surface area is 202 Å². The number of halogens is 2. The Morgan fingerprint density at radius 1 is 1.30 bits per heavy atom. The lowest BCUT2D eigenvalue weighted by atomic mass is 9.79. The lowest BCUT2D eigenvalue weighted by Crippen LogP contribution is -2.47. The van der Waals surface area contributed by atoms with E-state index in [9.17, 15) is 0 Å². The largest absolute Gasteiger partial charge is 0.360 e. The van der Waals surface area contributed by atoms with Gasteiger partial charge in [0.05, 0.1) is 11.6 Å². The molecule has 7 heteroatoms. The summed E-state index contributed by atoms with van der Waals surface area (Å²) in [7, 11) is 2.07. The maximum atomic E-state index is 15.4. The zero-order chi connectivity index (χ0) is 23.3. The monoisotopic (exact) mass is 474 g/mol. The van der Waals surface area contributed by atoms with Crippen molar-refractivity contribution in [1.29, 1.82) is 0 Å². The molecular weight excluding hydrogens is 439 g/mol. The third kappa shape index (κ3) is 5.62. The lowest BCUT2D eigenvalue weighted by Gasteiger charge is -2.38. The van der Waals surface area contributed by atoms with Crippen LogP contribution in [0.3, 0.4) is 0 Å². The van der Waals surface area contributed by atoms with Gasteiger partial charge in [-0.2, -0.15) is 5.48 Å². The molecule has 2 saturated heterocycles. The van der Waals surface area contributed by atoms with Crippen LogP contribution < -0.4 is 10.8 Å². The van der Waals surface area contributed by atoms with Gasteiger partial charge in [-0.1, -0.05) is 49.2 Å². The Bertz CT molecular complexity index is 889. The van der Waals surface area contributed by atoms with E-state index < -0.39 is 5.54 Å². The molecule has 180 valence electrons. The molecule has 1 aliphatic carbocycles. The van der Waals surface area contributed by atoms with Crippen LogP contribution in [0.1, 0.15) is 50.2 Å². The van der Waals surface area contributed by atoms with Gasteiger partial charge in [0.25, 0.3) is 0 Å². The number of likely N-dealkylation sites (N-methyl/N-ethyl adjacent to an activating group) is 1. The Kier molecular flexibility index (Phi) is 8.12. The van der Waals surface area contributed by atoms with Gasteiger partial charge in [-0.3, -0.25) is 4.84 Å². The highest BCUT2D eigenvalue weighted by molar-refractivity contribution is 6.31. The molecule has 0 spiro atoms. The highest BCUT2D eigenvalue weighted by Crippen LogP contribution is 2.38. The molecule has 2 fully saturated rings. The third-order valence-corrected chi connectivity index (χ3v) is 7.14. The van der Waals surface area contributed by atoms with Crippen molar-refractivity contribution in [1.82, 2.24) is 20.6 Å². The number of nitrogens with one attached hydrogen (secondary N) is 2. The van der Waals surface area contributed by atoms with Gasteiger partial charge in [0.2, 0.25) is 0 Å². The van der Waals surface area contributed by atoms with E-state index in [1.807, 2.05) is 12.1 Å². The first-order valence-corrected chi connectivity index (χ1v) is 12.5. The number of piperidine rings is 1. The summed E-state index contributed by atoms with van der Waals surface area (Å²) >= 11 is 6.66. The van der Waals surface area contributed by atoms with Gasteiger partial charge in [0, 0.05) is 37.3 Å². The molecule has 1 atom stereocenters. The molecule has 2 N–H and O–H groups in total. The van der Waals surface area contributed by atoms with Crippen molar-refractivity contribution < 1.29 is 9.23 Å². The van der Waals surface area contributed by atoms with Crippen molar-refractivity contribution in [3.8, 4) is 0 Å². The number of hydroxylamine groups is 1. The normalized spacial score (nSPS) is 24.9. The summed E-state index contributed by atoms with van der Waals surface area (Å²) in [5.41, 5.74) is 4.07. The molecule has 4 rings (SSSR count). The zero-order valence-electron chi connectivity index (χ0n) is 19.7. The standard InChI is InChI=1S/C26H36ClFN4O/c1-3-4-5-6-8-25-31(2)15-16-32(25)19-22-23(27)17-20(18-24(22)28)26(11-7-12-26)30-33-21-9-13-29-14-10-21/h5-8,11,17-18,21,29-30H,3-4,9-10,12-16,19H2,1-2H3/b6-5-,25-8+/t26-/m1/s1. The van der Waals surface area contributed by atoms with Crippen LogP contribution in [0.25, 0.3) is 0 Å². The van der Waals surface area contributed by atoms with E-state index >= 15 is 4.39 Å². The van der Waals surface area contributed by atoms with Crippen molar-refractivity contribution in [3.05, 3.63) is 70.3 Å². The van der Waals surface area contributed by atoms with Crippen LogP contribution in [0.5, 0.6) is 0 Å². The van der Waals surface area contributed by atoms with Crippen LogP contribution in [0.15, 0.2) is 48.3 Å². The molecule has 0 saturated carbocycles. The number of nitrogens with zero attached hydrogens (tertiary/aromatic N) is 2. The van der Waals surface area contributed by atoms with Gasteiger partial charge < -0.3 is 15.1 Å². The Hall–Kier alpha value is -1.86. The fourth-order valence-corrected chi connectivity index (χ4v) is 4.83. The van der Waals surface area contributed by atoms with Crippen molar-refractivity contribution in [3.63, 3.8) is 0 Å². The topological polar surface area (TPSA) is 39.8 Å². The van der Waals surface area contributed by atoms with E-state index in [2.05, 4.69) is 58.9 Å². The van der Waals surface area contributed by atoms with Crippen LogP contribution in [-0.4, -0.2) is 49.1 Å². The van der Waals surface area contributed by atoms with Crippen molar-refractivity contribution in [2.75, 3.05) is 33.2 Å². The Morgan fingerprint density at radius 3 is 2.76 bits per heavy atom. The number of hydrogen-bond donors (Lipinski definition) is 2. The molecular formula is C26H36ClFN4O. The van der Waals surface area contributed by atoms with Crippen molar-refractivity contribution in [2.24, 2.45) is 0 Å². The fourth-order valence-electron chi connectivity index (χ4n) is 4.56. The van der Waals surface area contributed by atoms with Gasteiger partial charge in [-0.05, 0) is 62.5 Å². The quantitative estimate of drug-likeness (QED) is 0.395. The first kappa shape index (κ1) is 24.3. The predicted octanol–water partition coefficient (Wildman–Crippen LogP) is 4.85. The Morgan fingerprint density at radius 2 is 2.09 bits per heavy atom. The third-order valence-electron chi connectivity index (χ3n) is 6.80. The molecule has 0 radical (unpaired) electrons. The predicted molar refractivity (Wildman–Crippen MR) is 132 cm³/mol. The van der Waals surface area contributed by atoms with Crippen LogP contribution in [-0.2, 0) is 16.9 Å². The molecule has 1 aromatic rings. The van der Waals surface area contributed by atoms with Gasteiger partial charge in [0.1, 0.15) is 11.6 Å². The van der Waals surface area contributed by atoms with Crippen LogP contribution in [0.2, 0.25) is 5.02 Å². The maximum Gasteiger partial charge on any atom is 0.130 e. The first-order chi connectivity index (χ1) is 16.0. The molecule has 3 aliphatic rings. The van der Waals surface area contributed by atoms with E-state index in [1.54, 1.807) is 6.07 Å². The summed E-state index contributed by atoms with van der Waals surface area (Å²) in [6, 6.07) is 3.51. The van der Waals surface area contributed by atoms with Crippen LogP contribution >= 0.6 is 11.6 Å². The van der Waals surface area contributed by atoms with Gasteiger partial charge >= 0.3 is 0 Å². The van der Waals surface area contributed by atoms with Crippen LogP contribution in [0.4, 0.5) is 4.39 Å². The van der Waals surface area contributed by atoms with Gasteiger partial charge in [0.15, 0.2) is 0 Å².